The molecule has 0 unspecified atom stereocenters. The van der Waals surface area contributed by atoms with Crippen LogP contribution in [0.1, 0.15) is 41.0 Å². The van der Waals surface area contributed by atoms with E-state index in [-0.39, 0.29) is 12.3 Å². The van der Waals surface area contributed by atoms with Crippen molar-refractivity contribution in [2.24, 2.45) is 0 Å². The molecular formula is C13H13BrN4O2. The summed E-state index contributed by atoms with van der Waals surface area (Å²) >= 11 is 3.27. The molecule has 2 heterocycles. The van der Waals surface area contributed by atoms with Crippen LogP contribution in [0.15, 0.2) is 22.8 Å². The van der Waals surface area contributed by atoms with Crippen molar-refractivity contribution in [3.63, 3.8) is 0 Å². The van der Waals surface area contributed by atoms with E-state index in [1.54, 1.807) is 18.3 Å². The van der Waals surface area contributed by atoms with Crippen LogP contribution in [0.3, 0.4) is 0 Å². The van der Waals surface area contributed by atoms with E-state index in [4.69, 9.17) is 4.74 Å². The van der Waals surface area contributed by atoms with Crippen LogP contribution in [0, 0.1) is 6.92 Å². The molecular weight excluding hydrogens is 324 g/mol. The first-order valence-electron chi connectivity index (χ1n) is 6.34. The maximum Gasteiger partial charge on any atom is 0.357 e. The molecule has 7 heteroatoms. The Labute approximate surface area is 124 Å². The van der Waals surface area contributed by atoms with E-state index in [2.05, 4.69) is 31.1 Å². The summed E-state index contributed by atoms with van der Waals surface area (Å²) in [6, 6.07) is 3.83. The van der Waals surface area contributed by atoms with E-state index >= 15 is 0 Å². The highest BCUT2D eigenvalue weighted by Gasteiger charge is 2.28. The molecule has 1 fully saturated rings. The van der Waals surface area contributed by atoms with Gasteiger partial charge in [-0.2, -0.15) is 0 Å². The highest BCUT2D eigenvalue weighted by Crippen LogP contribution is 2.36. The van der Waals surface area contributed by atoms with Gasteiger partial charge in [0, 0.05) is 16.7 Å². The molecule has 0 amide bonds. The van der Waals surface area contributed by atoms with Crippen LogP contribution in [-0.4, -0.2) is 25.7 Å². The smallest absolute Gasteiger partial charge is 0.357 e. The molecule has 0 bridgehead atoms. The fraction of sp³-hybridized carbons (Fsp3) is 0.385. The number of esters is 1. The van der Waals surface area contributed by atoms with Gasteiger partial charge in [0.15, 0.2) is 12.4 Å². The first-order chi connectivity index (χ1) is 9.65. The van der Waals surface area contributed by atoms with Crippen LogP contribution in [0.2, 0.25) is 0 Å². The van der Waals surface area contributed by atoms with Gasteiger partial charge in [0.25, 0.3) is 0 Å². The van der Waals surface area contributed by atoms with Crippen LogP contribution in [0.5, 0.6) is 0 Å². The Kier molecular flexibility index (Phi) is 3.52. The standard InChI is InChI=1S/C13H13BrN4O2/c1-8-16-17-12(18(8)10-3-4-10)7-20-13(19)11-5-2-9(14)6-15-11/h2,5-6,10H,3-4,7H2,1H3. The fourth-order valence-electron chi connectivity index (χ4n) is 2.02. The lowest BCUT2D eigenvalue weighted by atomic mass is 10.3. The van der Waals surface area contributed by atoms with Gasteiger partial charge < -0.3 is 9.30 Å². The van der Waals surface area contributed by atoms with Gasteiger partial charge in [0.05, 0.1) is 0 Å². The van der Waals surface area contributed by atoms with Gasteiger partial charge in [0.2, 0.25) is 0 Å². The van der Waals surface area contributed by atoms with Crippen LogP contribution in [-0.2, 0) is 11.3 Å². The Morgan fingerprint density at radius 3 is 2.90 bits per heavy atom. The minimum Gasteiger partial charge on any atom is -0.453 e. The van der Waals surface area contributed by atoms with Crippen LogP contribution < -0.4 is 0 Å². The van der Waals surface area contributed by atoms with Gasteiger partial charge >= 0.3 is 5.97 Å². The van der Waals surface area contributed by atoms with Gasteiger partial charge in [-0.1, -0.05) is 0 Å². The van der Waals surface area contributed by atoms with E-state index in [9.17, 15) is 4.79 Å². The summed E-state index contributed by atoms with van der Waals surface area (Å²) in [5, 5.41) is 8.10. The van der Waals surface area contributed by atoms with Crippen molar-refractivity contribution in [1.82, 2.24) is 19.7 Å². The molecule has 0 radical (unpaired) electrons. The Morgan fingerprint density at radius 1 is 1.45 bits per heavy atom. The van der Waals surface area contributed by atoms with Crippen molar-refractivity contribution in [1.29, 1.82) is 0 Å². The monoisotopic (exact) mass is 336 g/mol. The van der Waals surface area contributed by atoms with Crippen LogP contribution in [0.25, 0.3) is 0 Å². The van der Waals surface area contributed by atoms with Gasteiger partial charge in [0.1, 0.15) is 11.5 Å². The van der Waals surface area contributed by atoms with Crippen molar-refractivity contribution >= 4 is 21.9 Å². The second kappa shape index (κ2) is 5.32. The zero-order valence-corrected chi connectivity index (χ0v) is 12.5. The highest BCUT2D eigenvalue weighted by molar-refractivity contribution is 9.10. The summed E-state index contributed by atoms with van der Waals surface area (Å²) in [5.41, 5.74) is 0.280. The van der Waals surface area contributed by atoms with Gasteiger partial charge in [-0.25, -0.2) is 9.78 Å². The van der Waals surface area contributed by atoms with E-state index in [1.165, 1.54) is 0 Å². The minimum absolute atomic E-state index is 0.119. The molecule has 2 aromatic rings. The number of hydrogen-bond acceptors (Lipinski definition) is 5. The van der Waals surface area contributed by atoms with Crippen molar-refractivity contribution in [3.05, 3.63) is 40.1 Å². The molecule has 0 atom stereocenters. The Hall–Kier alpha value is -1.76. The van der Waals surface area contributed by atoms with Crippen LogP contribution >= 0.6 is 15.9 Å². The van der Waals surface area contributed by atoms with E-state index < -0.39 is 5.97 Å². The number of halogens is 1. The highest BCUT2D eigenvalue weighted by atomic mass is 79.9. The molecule has 1 aliphatic rings. The van der Waals surface area contributed by atoms with Crippen molar-refractivity contribution < 1.29 is 9.53 Å². The number of rotatable bonds is 4. The molecule has 104 valence electrons. The quantitative estimate of drug-likeness (QED) is 0.802. The molecule has 1 saturated carbocycles. The number of aromatic nitrogens is 4. The third kappa shape index (κ3) is 2.72. The minimum atomic E-state index is -0.458. The third-order valence-corrected chi connectivity index (χ3v) is 3.59. The summed E-state index contributed by atoms with van der Waals surface area (Å²) in [4.78, 5) is 15.9. The summed E-state index contributed by atoms with van der Waals surface area (Å²) in [6.45, 7) is 2.03. The predicted molar refractivity (Wildman–Crippen MR) is 74.1 cm³/mol. The van der Waals surface area contributed by atoms with Gasteiger partial charge in [-0.3, -0.25) is 0 Å². The SMILES string of the molecule is Cc1nnc(COC(=O)c2ccc(Br)cn2)n1C1CC1. The summed E-state index contributed by atoms with van der Waals surface area (Å²) in [7, 11) is 0. The number of ether oxygens (including phenoxy) is 1. The largest absolute Gasteiger partial charge is 0.453 e. The Balaban J connectivity index is 1.67. The summed E-state index contributed by atoms with van der Waals surface area (Å²) in [6.07, 6.45) is 3.83. The third-order valence-electron chi connectivity index (χ3n) is 3.12. The molecule has 0 N–H and O–H groups in total. The zero-order chi connectivity index (χ0) is 14.1. The lowest BCUT2D eigenvalue weighted by molar-refractivity contribution is 0.0450. The number of hydrogen-bond donors (Lipinski definition) is 0. The maximum absolute atomic E-state index is 11.9. The lowest BCUT2D eigenvalue weighted by Crippen LogP contribution is -2.11. The predicted octanol–water partition coefficient (Wildman–Crippen LogP) is 2.44. The molecule has 3 rings (SSSR count). The number of carbonyl (C=O) groups is 1. The Bertz CT molecular complexity index is 634. The second-order valence-corrected chi connectivity index (χ2v) is 5.62. The fourth-order valence-corrected chi connectivity index (χ4v) is 2.25. The molecule has 1 aliphatic carbocycles. The van der Waals surface area contributed by atoms with Gasteiger partial charge in [-0.15, -0.1) is 10.2 Å². The molecule has 0 saturated heterocycles. The normalized spacial score (nSPS) is 14.3. The number of aryl methyl sites for hydroxylation is 1. The zero-order valence-electron chi connectivity index (χ0n) is 10.9. The number of carbonyl (C=O) groups excluding carboxylic acids is 1. The topological polar surface area (TPSA) is 69.9 Å². The van der Waals surface area contributed by atoms with E-state index in [1.807, 2.05) is 11.5 Å². The van der Waals surface area contributed by atoms with Crippen LogP contribution in [0.4, 0.5) is 0 Å². The molecule has 2 aromatic heterocycles. The summed E-state index contributed by atoms with van der Waals surface area (Å²) in [5.74, 6) is 1.09. The average molecular weight is 337 g/mol. The van der Waals surface area contributed by atoms with Crippen molar-refractivity contribution in [3.8, 4) is 0 Å². The second-order valence-electron chi connectivity index (χ2n) is 4.70. The lowest BCUT2D eigenvalue weighted by Gasteiger charge is -2.07. The molecule has 6 nitrogen and oxygen atoms in total. The van der Waals surface area contributed by atoms with E-state index in [0.717, 1.165) is 23.1 Å². The molecule has 0 aliphatic heterocycles. The summed E-state index contributed by atoms with van der Waals surface area (Å²) < 4.78 is 8.11. The first kappa shape index (κ1) is 13.2. The van der Waals surface area contributed by atoms with Crippen molar-refractivity contribution in [2.75, 3.05) is 0 Å². The number of pyridine rings is 1. The molecule has 0 spiro atoms. The van der Waals surface area contributed by atoms with E-state index in [0.29, 0.717) is 11.9 Å². The van der Waals surface area contributed by atoms with Crippen molar-refractivity contribution in [2.45, 2.75) is 32.4 Å². The number of nitrogens with zero attached hydrogens (tertiary/aromatic N) is 4. The maximum atomic E-state index is 11.9. The first-order valence-corrected chi connectivity index (χ1v) is 7.13. The molecule has 0 aromatic carbocycles. The van der Waals surface area contributed by atoms with Gasteiger partial charge in [-0.05, 0) is 47.8 Å². The molecule has 20 heavy (non-hydrogen) atoms. The Morgan fingerprint density at radius 2 is 2.25 bits per heavy atom. The average Bonchev–Trinajstić information content (AvgIpc) is 3.21.